The Hall–Kier alpha value is -1.66. The fourth-order valence-corrected chi connectivity index (χ4v) is 5.07. The normalized spacial score (nSPS) is 37.0. The van der Waals surface area contributed by atoms with Crippen LogP contribution in [-0.2, 0) is 19.1 Å². The van der Waals surface area contributed by atoms with Crippen molar-refractivity contribution in [2.24, 2.45) is 29.6 Å². The van der Waals surface area contributed by atoms with Crippen molar-refractivity contribution in [2.45, 2.75) is 77.6 Å². The van der Waals surface area contributed by atoms with E-state index in [1.165, 1.54) is 0 Å². The number of rotatable bonds is 7. The predicted octanol–water partition coefficient (Wildman–Crippen LogP) is 3.17. The fourth-order valence-electron chi connectivity index (χ4n) is 5.07. The van der Waals surface area contributed by atoms with Crippen LogP contribution < -0.4 is 0 Å². The average molecular weight is 421 g/mol. The third-order valence-electron chi connectivity index (χ3n) is 7.05. The topological polar surface area (TPSA) is 93.1 Å². The minimum atomic E-state index is -0.625. The molecule has 1 aliphatic heterocycles. The summed E-state index contributed by atoms with van der Waals surface area (Å²) < 4.78 is 11.4. The van der Waals surface area contributed by atoms with Gasteiger partial charge in [0.05, 0.1) is 18.4 Å². The lowest BCUT2D eigenvalue weighted by atomic mass is 9.65. The van der Waals surface area contributed by atoms with Gasteiger partial charge in [-0.15, -0.1) is 0 Å². The maximum Gasteiger partial charge on any atom is 0.308 e. The molecule has 0 aromatic rings. The molecule has 168 valence electrons. The first-order valence-electron chi connectivity index (χ1n) is 11.4. The molecular formula is C24H36O6. The largest absolute Gasteiger partial charge is 0.462 e. The number of hydrogen-bond acceptors (Lipinski definition) is 6. The number of hydrogen-bond donors (Lipinski definition) is 2. The Labute approximate surface area is 179 Å². The van der Waals surface area contributed by atoms with Crippen LogP contribution in [0.1, 0.15) is 59.3 Å². The van der Waals surface area contributed by atoms with E-state index in [0.717, 1.165) is 18.4 Å². The van der Waals surface area contributed by atoms with Crippen molar-refractivity contribution < 1.29 is 29.3 Å². The Balaban J connectivity index is 1.77. The molecule has 8 atom stereocenters. The molecule has 2 N–H and O–H groups in total. The third kappa shape index (κ3) is 5.33. The molecule has 0 radical (unpaired) electrons. The number of ether oxygens (including phenoxy) is 2. The van der Waals surface area contributed by atoms with Gasteiger partial charge in [-0.05, 0) is 43.1 Å². The lowest BCUT2D eigenvalue weighted by Crippen LogP contribution is -2.42. The Morgan fingerprint density at radius 1 is 1.33 bits per heavy atom. The second-order valence-corrected chi connectivity index (χ2v) is 9.32. The molecule has 6 nitrogen and oxygen atoms in total. The van der Waals surface area contributed by atoms with E-state index < -0.39 is 6.10 Å². The minimum Gasteiger partial charge on any atom is -0.462 e. The van der Waals surface area contributed by atoms with E-state index in [4.69, 9.17) is 9.47 Å². The number of cyclic esters (lactones) is 1. The van der Waals surface area contributed by atoms with Crippen molar-refractivity contribution in [2.75, 3.05) is 6.61 Å². The molecular weight excluding hydrogens is 384 g/mol. The van der Waals surface area contributed by atoms with E-state index in [0.29, 0.717) is 25.2 Å². The molecule has 2 aliphatic carbocycles. The maximum atomic E-state index is 12.6. The molecule has 1 heterocycles. The highest BCUT2D eigenvalue weighted by atomic mass is 16.5. The van der Waals surface area contributed by atoms with Gasteiger partial charge in [0.15, 0.2) is 0 Å². The van der Waals surface area contributed by atoms with Gasteiger partial charge in [0.2, 0.25) is 0 Å². The van der Waals surface area contributed by atoms with Crippen molar-refractivity contribution in [3.8, 4) is 0 Å². The summed E-state index contributed by atoms with van der Waals surface area (Å²) >= 11 is 0. The highest BCUT2D eigenvalue weighted by Crippen LogP contribution is 2.45. The molecule has 1 unspecified atom stereocenters. The summed E-state index contributed by atoms with van der Waals surface area (Å²) in [6.45, 7) is 6.07. The number of esters is 2. The zero-order chi connectivity index (χ0) is 21.8. The Bertz CT molecular complexity index is 683. The molecule has 0 amide bonds. The van der Waals surface area contributed by atoms with E-state index in [1.54, 1.807) is 0 Å². The van der Waals surface area contributed by atoms with E-state index >= 15 is 0 Å². The molecule has 6 heteroatoms. The molecule has 3 rings (SSSR count). The Kier molecular flexibility index (Phi) is 7.75. The van der Waals surface area contributed by atoms with Crippen molar-refractivity contribution in [3.63, 3.8) is 0 Å². The van der Waals surface area contributed by atoms with Crippen LogP contribution in [-0.4, -0.2) is 47.1 Å². The number of carbonyl (C=O) groups excluding carboxylic acids is 2. The summed E-state index contributed by atoms with van der Waals surface area (Å²) in [7, 11) is 0. The molecule has 1 fully saturated rings. The average Bonchev–Trinajstić information content (AvgIpc) is 2.71. The number of carbonyl (C=O) groups is 2. The van der Waals surface area contributed by atoms with Crippen molar-refractivity contribution in [1.82, 2.24) is 0 Å². The van der Waals surface area contributed by atoms with Gasteiger partial charge in [-0.25, -0.2) is 0 Å². The minimum absolute atomic E-state index is 0.0147. The molecule has 1 saturated heterocycles. The summed E-state index contributed by atoms with van der Waals surface area (Å²) in [5.41, 5.74) is 1.13. The standard InChI is InChI=1S/C24H36O6/c1-4-14(2)24(28)30-21-10-16(13-25)9-17-6-5-15(3)20(23(17)21)8-7-19-11-18(26)12-22(27)29-19/h5-6,9,14-16,18-21,23,25-26H,4,7-8,10-13H2,1-3H3/t14?,15-,16+,18+,19+,20-,21-,23-/m0/s1. The Morgan fingerprint density at radius 3 is 2.77 bits per heavy atom. The van der Waals surface area contributed by atoms with Crippen LogP contribution in [0.15, 0.2) is 23.8 Å². The van der Waals surface area contributed by atoms with E-state index in [9.17, 15) is 19.8 Å². The van der Waals surface area contributed by atoms with Gasteiger partial charge in [-0.3, -0.25) is 9.59 Å². The van der Waals surface area contributed by atoms with Crippen LogP contribution in [0, 0.1) is 29.6 Å². The van der Waals surface area contributed by atoms with Gasteiger partial charge < -0.3 is 19.7 Å². The summed E-state index contributed by atoms with van der Waals surface area (Å²) in [4.78, 5) is 24.2. The van der Waals surface area contributed by atoms with Crippen molar-refractivity contribution in [1.29, 1.82) is 0 Å². The van der Waals surface area contributed by atoms with Gasteiger partial charge in [-0.2, -0.15) is 0 Å². The summed E-state index contributed by atoms with van der Waals surface area (Å²) in [5.74, 6) is -0.0556. The van der Waals surface area contributed by atoms with Crippen LogP contribution in [0.25, 0.3) is 0 Å². The summed E-state index contributed by atoms with van der Waals surface area (Å²) in [6.07, 6.45) is 8.69. The smallest absolute Gasteiger partial charge is 0.308 e. The first-order valence-corrected chi connectivity index (χ1v) is 11.4. The number of aliphatic hydroxyl groups excluding tert-OH is 2. The van der Waals surface area contributed by atoms with Crippen LogP contribution in [0.3, 0.4) is 0 Å². The van der Waals surface area contributed by atoms with Gasteiger partial charge >= 0.3 is 11.9 Å². The second kappa shape index (κ2) is 10.1. The molecule has 0 aromatic carbocycles. The van der Waals surface area contributed by atoms with Gasteiger partial charge in [-0.1, -0.05) is 39.0 Å². The molecule has 30 heavy (non-hydrogen) atoms. The third-order valence-corrected chi connectivity index (χ3v) is 7.05. The highest BCUT2D eigenvalue weighted by Gasteiger charge is 2.42. The van der Waals surface area contributed by atoms with Crippen LogP contribution in [0.5, 0.6) is 0 Å². The van der Waals surface area contributed by atoms with Crippen molar-refractivity contribution >= 4 is 11.9 Å². The van der Waals surface area contributed by atoms with Crippen molar-refractivity contribution in [3.05, 3.63) is 23.8 Å². The summed E-state index contributed by atoms with van der Waals surface area (Å²) in [5, 5.41) is 19.6. The molecule has 0 saturated carbocycles. The molecule has 3 aliphatic rings. The van der Waals surface area contributed by atoms with Crippen LogP contribution >= 0.6 is 0 Å². The second-order valence-electron chi connectivity index (χ2n) is 9.32. The number of aliphatic hydroxyl groups is 2. The first-order chi connectivity index (χ1) is 14.3. The molecule has 0 bridgehead atoms. The van der Waals surface area contributed by atoms with E-state index in [1.807, 2.05) is 13.8 Å². The lowest BCUT2D eigenvalue weighted by molar-refractivity contribution is -0.162. The zero-order valence-corrected chi connectivity index (χ0v) is 18.3. The van der Waals surface area contributed by atoms with E-state index in [-0.39, 0.29) is 60.8 Å². The van der Waals surface area contributed by atoms with E-state index in [2.05, 4.69) is 25.2 Å². The SMILES string of the molecule is CCC(C)C(=O)O[C@H]1C[C@H](CO)C=C2C=C[C@H](C)[C@H](CC[C@@H]3C[C@@H](O)CC(=O)O3)[C@H]21. The molecule has 0 aromatic heterocycles. The molecule has 0 spiro atoms. The number of allylic oxidation sites excluding steroid dienone is 2. The fraction of sp³-hybridized carbons (Fsp3) is 0.750. The maximum absolute atomic E-state index is 12.6. The lowest BCUT2D eigenvalue weighted by Gasteiger charge is -2.43. The Morgan fingerprint density at radius 2 is 2.10 bits per heavy atom. The van der Waals surface area contributed by atoms with Gasteiger partial charge in [0.1, 0.15) is 12.2 Å². The van der Waals surface area contributed by atoms with Gasteiger partial charge in [0.25, 0.3) is 0 Å². The number of fused-ring (bicyclic) bond motifs is 1. The first kappa shape index (κ1) is 23.0. The summed E-state index contributed by atoms with van der Waals surface area (Å²) in [6, 6.07) is 0. The monoisotopic (exact) mass is 420 g/mol. The zero-order valence-electron chi connectivity index (χ0n) is 18.3. The predicted molar refractivity (Wildman–Crippen MR) is 112 cm³/mol. The van der Waals surface area contributed by atoms with Crippen LogP contribution in [0.4, 0.5) is 0 Å². The van der Waals surface area contributed by atoms with Gasteiger partial charge in [0, 0.05) is 24.9 Å². The van der Waals surface area contributed by atoms with Crippen LogP contribution in [0.2, 0.25) is 0 Å². The highest BCUT2D eigenvalue weighted by molar-refractivity contribution is 5.72. The quantitative estimate of drug-likeness (QED) is 0.615.